The topological polar surface area (TPSA) is 90.0 Å². The summed E-state index contributed by atoms with van der Waals surface area (Å²) in [6.45, 7) is -0.267. The lowest BCUT2D eigenvalue weighted by Gasteiger charge is -2.04. The number of rotatable bonds is 4. The molecule has 1 atom stereocenters. The summed E-state index contributed by atoms with van der Waals surface area (Å²) in [4.78, 5) is 7.75. The van der Waals surface area contributed by atoms with E-state index in [0.29, 0.717) is 10.8 Å². The minimum atomic E-state index is -0.752. The molecule has 0 spiro atoms. The lowest BCUT2D eigenvalue weighted by molar-refractivity contribution is 0.113. The Kier molecular flexibility index (Phi) is 4.32. The van der Waals surface area contributed by atoms with Crippen molar-refractivity contribution in [2.24, 2.45) is 0 Å². The second-order valence-corrected chi connectivity index (χ2v) is 3.54. The lowest BCUT2D eigenvalue weighted by atomic mass is 10.4. The second kappa shape index (κ2) is 5.54. The number of nitrogens with zero attached hydrogens (tertiary/aromatic N) is 3. The van der Waals surface area contributed by atoms with Crippen molar-refractivity contribution in [3.63, 3.8) is 0 Å². The third-order valence-electron chi connectivity index (χ3n) is 1.38. The molecule has 2 N–H and O–H groups in total. The van der Waals surface area contributed by atoms with Crippen LogP contribution in [-0.2, 0) is 0 Å². The third kappa shape index (κ3) is 3.30. The molecule has 0 saturated heterocycles. The summed E-state index contributed by atoms with van der Waals surface area (Å²) in [6.07, 6.45) is 2.08. The largest absolute Gasteiger partial charge is 0.394 e. The highest BCUT2D eigenvalue weighted by Crippen LogP contribution is 2.14. The van der Waals surface area contributed by atoms with Crippen molar-refractivity contribution in [1.82, 2.24) is 9.97 Å². The Morgan fingerprint density at radius 1 is 1.50 bits per heavy atom. The Balaban J connectivity index is 2.49. The van der Waals surface area contributed by atoms with Gasteiger partial charge < -0.3 is 10.2 Å². The fourth-order valence-corrected chi connectivity index (χ4v) is 1.41. The molecule has 1 heterocycles. The summed E-state index contributed by atoms with van der Waals surface area (Å²) in [5.74, 6) is 0.358. The number of aliphatic hydroxyl groups excluding tert-OH is 2. The SMILES string of the molecule is N#Cc1cnc(SCC(O)CO)cn1. The fraction of sp³-hybridized carbons (Fsp3) is 0.375. The lowest BCUT2D eigenvalue weighted by Crippen LogP contribution is -2.14. The van der Waals surface area contributed by atoms with E-state index >= 15 is 0 Å². The molecule has 1 aromatic heterocycles. The molecule has 0 aromatic carbocycles. The van der Waals surface area contributed by atoms with E-state index in [1.54, 1.807) is 0 Å². The number of thioether (sulfide) groups is 1. The van der Waals surface area contributed by atoms with Crippen LogP contribution in [-0.4, -0.2) is 38.6 Å². The zero-order valence-corrected chi connectivity index (χ0v) is 8.11. The zero-order chi connectivity index (χ0) is 10.4. The molecule has 0 aliphatic carbocycles. The molecule has 14 heavy (non-hydrogen) atoms. The van der Waals surface area contributed by atoms with Crippen LogP contribution in [0.3, 0.4) is 0 Å². The highest BCUT2D eigenvalue weighted by atomic mass is 32.2. The Labute approximate surface area is 85.4 Å². The maximum absolute atomic E-state index is 9.05. The molecule has 1 aromatic rings. The minimum absolute atomic E-state index is 0.261. The van der Waals surface area contributed by atoms with Crippen LogP contribution in [0, 0.1) is 11.3 Å². The van der Waals surface area contributed by atoms with Gasteiger partial charge in [-0.25, -0.2) is 9.97 Å². The van der Waals surface area contributed by atoms with E-state index in [1.807, 2.05) is 6.07 Å². The zero-order valence-electron chi connectivity index (χ0n) is 7.29. The normalized spacial score (nSPS) is 12.1. The van der Waals surface area contributed by atoms with Gasteiger partial charge in [-0.3, -0.25) is 0 Å². The molecule has 0 aliphatic heterocycles. The van der Waals surface area contributed by atoms with Crippen LogP contribution in [0.4, 0.5) is 0 Å². The van der Waals surface area contributed by atoms with E-state index in [2.05, 4.69) is 9.97 Å². The first-order valence-electron chi connectivity index (χ1n) is 3.90. The minimum Gasteiger partial charge on any atom is -0.394 e. The molecule has 1 unspecified atom stereocenters. The molecule has 0 bridgehead atoms. The number of nitriles is 1. The van der Waals surface area contributed by atoms with Crippen LogP contribution in [0.1, 0.15) is 5.69 Å². The van der Waals surface area contributed by atoms with Gasteiger partial charge >= 0.3 is 0 Å². The van der Waals surface area contributed by atoms with Gasteiger partial charge in [-0.1, -0.05) is 0 Å². The maximum atomic E-state index is 9.05. The Morgan fingerprint density at radius 2 is 2.29 bits per heavy atom. The van der Waals surface area contributed by atoms with Gasteiger partial charge in [0.15, 0.2) is 5.69 Å². The molecular formula is C8H9N3O2S. The average Bonchev–Trinajstić information content (AvgIpc) is 2.26. The number of hydrogen-bond acceptors (Lipinski definition) is 6. The van der Waals surface area contributed by atoms with Crippen molar-refractivity contribution < 1.29 is 10.2 Å². The van der Waals surface area contributed by atoms with E-state index < -0.39 is 6.10 Å². The fourth-order valence-electron chi connectivity index (χ4n) is 0.683. The molecule has 74 valence electrons. The van der Waals surface area contributed by atoms with E-state index in [1.165, 1.54) is 24.2 Å². The predicted molar refractivity (Wildman–Crippen MR) is 50.6 cm³/mol. The van der Waals surface area contributed by atoms with Crippen LogP contribution in [0.5, 0.6) is 0 Å². The Hall–Kier alpha value is -1.16. The van der Waals surface area contributed by atoms with E-state index in [9.17, 15) is 0 Å². The first-order valence-corrected chi connectivity index (χ1v) is 4.88. The Morgan fingerprint density at radius 3 is 2.79 bits per heavy atom. The molecule has 5 nitrogen and oxygen atoms in total. The van der Waals surface area contributed by atoms with Gasteiger partial charge in [-0.05, 0) is 0 Å². The predicted octanol–water partition coefficient (Wildman–Crippen LogP) is -0.206. The molecular weight excluding hydrogens is 202 g/mol. The molecule has 0 fully saturated rings. The standard InChI is InChI=1S/C8H9N3O2S/c9-1-6-2-11-8(3-10-6)14-5-7(13)4-12/h2-3,7,12-13H,4-5H2. The van der Waals surface area contributed by atoms with Gasteiger partial charge in [0, 0.05) is 5.75 Å². The molecule has 0 saturated carbocycles. The molecule has 1 rings (SSSR count). The number of aliphatic hydroxyl groups is 2. The summed E-state index contributed by atoms with van der Waals surface area (Å²) >= 11 is 1.28. The smallest absolute Gasteiger partial charge is 0.158 e. The van der Waals surface area contributed by atoms with Crippen LogP contribution in [0.2, 0.25) is 0 Å². The van der Waals surface area contributed by atoms with E-state index in [-0.39, 0.29) is 12.3 Å². The third-order valence-corrected chi connectivity index (χ3v) is 2.44. The number of hydrogen-bond donors (Lipinski definition) is 2. The van der Waals surface area contributed by atoms with Gasteiger partial charge in [0.25, 0.3) is 0 Å². The summed E-state index contributed by atoms with van der Waals surface area (Å²) in [7, 11) is 0. The summed E-state index contributed by atoms with van der Waals surface area (Å²) in [6, 6.07) is 1.86. The Bertz CT molecular complexity index is 322. The first-order chi connectivity index (χ1) is 6.76. The van der Waals surface area contributed by atoms with Gasteiger partial charge in [-0.2, -0.15) is 5.26 Å². The van der Waals surface area contributed by atoms with Crippen LogP contribution < -0.4 is 0 Å². The van der Waals surface area contributed by atoms with E-state index in [4.69, 9.17) is 15.5 Å². The van der Waals surface area contributed by atoms with Crippen molar-refractivity contribution in [3.05, 3.63) is 18.1 Å². The summed E-state index contributed by atoms with van der Waals surface area (Å²) in [5, 5.41) is 26.7. The van der Waals surface area contributed by atoms with Crippen molar-refractivity contribution in [2.75, 3.05) is 12.4 Å². The van der Waals surface area contributed by atoms with Crippen molar-refractivity contribution >= 4 is 11.8 Å². The summed E-state index contributed by atoms with van der Waals surface area (Å²) < 4.78 is 0. The van der Waals surface area contributed by atoms with Gasteiger partial charge in [0.1, 0.15) is 11.1 Å². The van der Waals surface area contributed by atoms with Crippen LogP contribution in [0.15, 0.2) is 17.4 Å². The summed E-state index contributed by atoms with van der Waals surface area (Å²) in [5.41, 5.74) is 0.261. The van der Waals surface area contributed by atoms with Crippen LogP contribution in [0.25, 0.3) is 0 Å². The highest BCUT2D eigenvalue weighted by Gasteiger charge is 2.04. The van der Waals surface area contributed by atoms with Gasteiger partial charge in [0.05, 0.1) is 25.1 Å². The van der Waals surface area contributed by atoms with Crippen molar-refractivity contribution in [1.29, 1.82) is 5.26 Å². The van der Waals surface area contributed by atoms with Crippen LogP contribution >= 0.6 is 11.8 Å². The first kappa shape index (κ1) is 10.9. The van der Waals surface area contributed by atoms with Crippen molar-refractivity contribution in [2.45, 2.75) is 11.1 Å². The quantitative estimate of drug-likeness (QED) is 0.670. The molecule has 0 aliphatic rings. The average molecular weight is 211 g/mol. The van der Waals surface area contributed by atoms with E-state index in [0.717, 1.165) is 0 Å². The number of aromatic nitrogens is 2. The molecule has 0 radical (unpaired) electrons. The van der Waals surface area contributed by atoms with Gasteiger partial charge in [0.2, 0.25) is 0 Å². The monoisotopic (exact) mass is 211 g/mol. The second-order valence-electron chi connectivity index (χ2n) is 2.50. The molecule has 0 amide bonds. The van der Waals surface area contributed by atoms with Gasteiger partial charge in [-0.15, -0.1) is 11.8 Å². The maximum Gasteiger partial charge on any atom is 0.158 e. The molecule has 6 heteroatoms. The van der Waals surface area contributed by atoms with Crippen molar-refractivity contribution in [3.8, 4) is 6.07 Å². The highest BCUT2D eigenvalue weighted by molar-refractivity contribution is 7.99.